The van der Waals surface area contributed by atoms with Gasteiger partial charge in [0.1, 0.15) is 11.2 Å². The van der Waals surface area contributed by atoms with Crippen molar-refractivity contribution in [1.82, 2.24) is 15.0 Å². The molecule has 210 valence electrons. The summed E-state index contributed by atoms with van der Waals surface area (Å²) >= 11 is 0. The molecule has 0 unspecified atom stereocenters. The van der Waals surface area contributed by atoms with Crippen LogP contribution in [0, 0.1) is 0 Å². The lowest BCUT2D eigenvalue weighted by Crippen LogP contribution is -2.00. The van der Waals surface area contributed by atoms with E-state index < -0.39 is 0 Å². The van der Waals surface area contributed by atoms with E-state index in [9.17, 15) is 0 Å². The predicted molar refractivity (Wildman–Crippen MR) is 184 cm³/mol. The Bertz CT molecular complexity index is 2530. The Morgan fingerprint density at radius 1 is 0.378 bits per heavy atom. The quantitative estimate of drug-likeness (QED) is 0.209. The molecule has 0 radical (unpaired) electrons. The zero-order chi connectivity index (χ0) is 29.7. The highest BCUT2D eigenvalue weighted by molar-refractivity contribution is 6.19. The van der Waals surface area contributed by atoms with Gasteiger partial charge in [-0.1, -0.05) is 133 Å². The number of hydrogen-bond donors (Lipinski definition) is 0. The van der Waals surface area contributed by atoms with Crippen LogP contribution in [0.1, 0.15) is 0 Å². The van der Waals surface area contributed by atoms with Gasteiger partial charge in [-0.15, -0.1) is 0 Å². The maximum atomic E-state index is 6.71. The number of aromatic nitrogens is 3. The molecule has 4 nitrogen and oxygen atoms in total. The van der Waals surface area contributed by atoms with Crippen LogP contribution in [-0.4, -0.2) is 15.0 Å². The molecule has 4 heteroatoms. The van der Waals surface area contributed by atoms with E-state index in [0.717, 1.165) is 71.3 Å². The Labute approximate surface area is 259 Å². The second kappa shape index (κ2) is 10.2. The van der Waals surface area contributed by atoms with Gasteiger partial charge in [-0.25, -0.2) is 15.0 Å². The summed E-state index contributed by atoms with van der Waals surface area (Å²) in [5, 5.41) is 6.65. The largest absolute Gasteiger partial charge is 0.455 e. The van der Waals surface area contributed by atoms with Crippen LogP contribution in [-0.2, 0) is 0 Å². The summed E-state index contributed by atoms with van der Waals surface area (Å²) < 4.78 is 6.71. The molecule has 0 spiro atoms. The predicted octanol–water partition coefficient (Wildman–Crippen LogP) is 10.7. The van der Waals surface area contributed by atoms with Gasteiger partial charge in [0.15, 0.2) is 17.5 Å². The van der Waals surface area contributed by atoms with Gasteiger partial charge in [0.05, 0.1) is 0 Å². The molecule has 0 atom stereocenters. The first kappa shape index (κ1) is 25.4. The molecule has 0 aliphatic carbocycles. The Kier molecular flexibility index (Phi) is 5.78. The van der Waals surface area contributed by atoms with E-state index in [0.29, 0.717) is 17.5 Å². The van der Waals surface area contributed by atoms with E-state index in [2.05, 4.69) is 115 Å². The second-order valence-corrected chi connectivity index (χ2v) is 11.2. The minimum absolute atomic E-state index is 0.594. The van der Waals surface area contributed by atoms with Crippen LogP contribution in [0.4, 0.5) is 0 Å². The van der Waals surface area contributed by atoms with Crippen molar-refractivity contribution in [1.29, 1.82) is 0 Å². The Balaban J connectivity index is 1.35. The molecule has 0 saturated carbocycles. The first-order valence-corrected chi connectivity index (χ1v) is 15.0. The third-order valence-corrected chi connectivity index (χ3v) is 8.50. The molecule has 2 heterocycles. The first-order chi connectivity index (χ1) is 22.3. The summed E-state index contributed by atoms with van der Waals surface area (Å²) in [6.07, 6.45) is 0. The van der Waals surface area contributed by atoms with Gasteiger partial charge in [-0.05, 0) is 45.5 Å². The summed E-state index contributed by atoms with van der Waals surface area (Å²) in [5.41, 5.74) is 6.62. The highest BCUT2D eigenvalue weighted by Crippen LogP contribution is 2.42. The normalized spacial score (nSPS) is 11.6. The first-order valence-electron chi connectivity index (χ1n) is 15.0. The fraction of sp³-hybridized carbons (Fsp3) is 0. The van der Waals surface area contributed by atoms with Crippen LogP contribution < -0.4 is 0 Å². The van der Waals surface area contributed by atoms with Gasteiger partial charge in [0.25, 0.3) is 0 Å². The Hall–Kier alpha value is -6.13. The Morgan fingerprint density at radius 2 is 0.978 bits per heavy atom. The monoisotopic (exact) mass is 575 g/mol. The summed E-state index contributed by atoms with van der Waals surface area (Å²) in [5.74, 6) is 1.85. The van der Waals surface area contributed by atoms with Gasteiger partial charge in [0, 0.05) is 32.8 Å². The molecule has 0 bridgehead atoms. The number of rotatable bonds is 4. The van der Waals surface area contributed by atoms with Gasteiger partial charge >= 0.3 is 0 Å². The third kappa shape index (κ3) is 4.27. The zero-order valence-corrected chi connectivity index (χ0v) is 24.2. The molecule has 9 rings (SSSR count). The zero-order valence-electron chi connectivity index (χ0n) is 24.2. The fourth-order valence-corrected chi connectivity index (χ4v) is 6.37. The van der Waals surface area contributed by atoms with Crippen LogP contribution in [0.2, 0.25) is 0 Å². The lowest BCUT2D eigenvalue weighted by molar-refractivity contribution is 0.673. The number of furan rings is 1. The maximum Gasteiger partial charge on any atom is 0.164 e. The average molecular weight is 576 g/mol. The van der Waals surface area contributed by atoms with Crippen LogP contribution in [0.5, 0.6) is 0 Å². The molecular formula is C41H25N3O. The van der Waals surface area contributed by atoms with Crippen LogP contribution in [0.15, 0.2) is 156 Å². The van der Waals surface area contributed by atoms with Crippen molar-refractivity contribution in [2.75, 3.05) is 0 Å². The summed E-state index contributed by atoms with van der Waals surface area (Å²) in [4.78, 5) is 15.2. The van der Waals surface area contributed by atoms with E-state index in [-0.39, 0.29) is 0 Å². The lowest BCUT2D eigenvalue weighted by Gasteiger charge is -2.12. The van der Waals surface area contributed by atoms with Crippen molar-refractivity contribution in [2.24, 2.45) is 0 Å². The summed E-state index contributed by atoms with van der Waals surface area (Å²) in [6, 6.07) is 52.1. The maximum absolute atomic E-state index is 6.71. The van der Waals surface area contributed by atoms with Crippen molar-refractivity contribution in [3.63, 3.8) is 0 Å². The van der Waals surface area contributed by atoms with E-state index in [1.54, 1.807) is 0 Å². The van der Waals surface area contributed by atoms with Crippen LogP contribution in [0.3, 0.4) is 0 Å². The minimum atomic E-state index is 0.594. The van der Waals surface area contributed by atoms with Crippen molar-refractivity contribution in [3.05, 3.63) is 152 Å². The lowest BCUT2D eigenvalue weighted by atomic mass is 9.96. The molecular weight excluding hydrogens is 550 g/mol. The molecule has 0 N–H and O–H groups in total. The highest BCUT2D eigenvalue weighted by atomic mass is 16.3. The molecule has 7 aromatic carbocycles. The number of benzene rings is 7. The number of hydrogen-bond acceptors (Lipinski definition) is 4. The third-order valence-electron chi connectivity index (χ3n) is 8.50. The van der Waals surface area contributed by atoms with Crippen LogP contribution >= 0.6 is 0 Å². The smallest absolute Gasteiger partial charge is 0.164 e. The molecule has 2 aromatic heterocycles. The average Bonchev–Trinajstić information content (AvgIpc) is 3.51. The Morgan fingerprint density at radius 3 is 1.76 bits per heavy atom. The van der Waals surface area contributed by atoms with E-state index >= 15 is 0 Å². The standard InChI is InChI=1S/C41H25N3O/c1-3-12-27(13-4-1)35-24-30(25-36-37(35)34-23-22-28-15-8-10-20-32(28)38(34)45-36)40-42-39(29-16-5-2-6-17-29)43-41(44-40)33-21-11-18-26-14-7-9-19-31(26)33/h1-25H. The number of fused-ring (bicyclic) bond motifs is 6. The summed E-state index contributed by atoms with van der Waals surface area (Å²) in [6.45, 7) is 0. The van der Waals surface area contributed by atoms with E-state index in [4.69, 9.17) is 19.4 Å². The van der Waals surface area contributed by atoms with E-state index in [1.807, 2.05) is 36.4 Å². The second-order valence-electron chi connectivity index (χ2n) is 11.2. The summed E-state index contributed by atoms with van der Waals surface area (Å²) in [7, 11) is 0. The van der Waals surface area contributed by atoms with Crippen molar-refractivity contribution in [3.8, 4) is 45.3 Å². The van der Waals surface area contributed by atoms with Gasteiger partial charge < -0.3 is 4.42 Å². The topological polar surface area (TPSA) is 51.8 Å². The SMILES string of the molecule is c1ccc(-c2nc(-c3cc(-c4ccccc4)c4c(c3)oc3c5ccccc5ccc34)nc(-c3cccc4ccccc34)n2)cc1. The van der Waals surface area contributed by atoms with Gasteiger partial charge in [-0.2, -0.15) is 0 Å². The van der Waals surface area contributed by atoms with Crippen molar-refractivity contribution in [2.45, 2.75) is 0 Å². The molecule has 45 heavy (non-hydrogen) atoms. The van der Waals surface area contributed by atoms with Crippen molar-refractivity contribution < 1.29 is 4.42 Å². The highest BCUT2D eigenvalue weighted by Gasteiger charge is 2.20. The van der Waals surface area contributed by atoms with Crippen molar-refractivity contribution >= 4 is 43.5 Å². The van der Waals surface area contributed by atoms with Gasteiger partial charge in [-0.3, -0.25) is 0 Å². The fourth-order valence-electron chi connectivity index (χ4n) is 6.37. The molecule has 0 aliphatic rings. The van der Waals surface area contributed by atoms with E-state index in [1.165, 1.54) is 0 Å². The minimum Gasteiger partial charge on any atom is -0.455 e. The van der Waals surface area contributed by atoms with Gasteiger partial charge in [0.2, 0.25) is 0 Å². The molecule has 0 fully saturated rings. The van der Waals surface area contributed by atoms with Crippen LogP contribution in [0.25, 0.3) is 88.8 Å². The molecule has 0 aliphatic heterocycles. The number of nitrogens with zero attached hydrogens (tertiary/aromatic N) is 3. The molecule has 9 aromatic rings. The molecule has 0 saturated heterocycles. The molecule has 0 amide bonds.